The summed E-state index contributed by atoms with van der Waals surface area (Å²) in [5.74, 6) is -0.950. The molecule has 0 aliphatic heterocycles. The van der Waals surface area contributed by atoms with Gasteiger partial charge in [-0.3, -0.25) is 9.78 Å². The Balaban J connectivity index is 2.23. The molecular weight excluding hydrogens is 513 g/mol. The molecule has 2 aromatic carbocycles. The van der Waals surface area contributed by atoms with E-state index in [2.05, 4.69) is 19.6 Å². The number of benzene rings is 2. The number of aliphatic hydroxyl groups is 2. The van der Waals surface area contributed by atoms with Gasteiger partial charge in [0.1, 0.15) is 11.6 Å². The third kappa shape index (κ3) is 7.61. The van der Waals surface area contributed by atoms with Gasteiger partial charge in [-0.2, -0.15) is 0 Å². The second-order valence-electron chi connectivity index (χ2n) is 10.4. The first-order valence-corrected chi connectivity index (χ1v) is 15.9. The second kappa shape index (κ2) is 11.7. The monoisotopic (exact) mass is 545 g/mol. The summed E-state index contributed by atoms with van der Waals surface area (Å²) in [6.45, 7) is 10.2. The van der Waals surface area contributed by atoms with Crippen LogP contribution in [-0.4, -0.2) is 46.8 Å². The number of aromatic nitrogens is 1. The summed E-state index contributed by atoms with van der Waals surface area (Å²) in [7, 11) is -1.95. The third-order valence-electron chi connectivity index (χ3n) is 5.61. The number of fused-ring (bicyclic) bond motifs is 1. The average molecular weight is 546 g/mol. The number of carboxylic acid groups (broad SMARTS) is 1. The lowest BCUT2D eigenvalue weighted by atomic mass is 9.90. The van der Waals surface area contributed by atoms with Crippen molar-refractivity contribution in [2.45, 2.75) is 64.5 Å². The molecule has 198 valence electrons. The van der Waals surface area contributed by atoms with Crippen LogP contribution in [0, 0.1) is 5.82 Å². The highest BCUT2D eigenvalue weighted by Gasteiger charge is 2.22. The number of aliphatic hydroxyl groups excluding tert-OH is 2. The van der Waals surface area contributed by atoms with Gasteiger partial charge in [0.25, 0.3) is 0 Å². The molecule has 0 amide bonds. The Kier molecular flexibility index (Phi) is 9.12. The fourth-order valence-corrected chi connectivity index (χ4v) is 5.19. The summed E-state index contributed by atoms with van der Waals surface area (Å²) >= 11 is 6.65. The molecule has 6 nitrogen and oxygen atoms in total. The molecule has 9 heteroatoms. The second-order valence-corrected chi connectivity index (χ2v) is 15.2. The first-order valence-electron chi connectivity index (χ1n) is 12.1. The molecule has 3 aromatic rings. The quantitative estimate of drug-likeness (QED) is 0.247. The number of carbonyl (C=O) groups is 1. The van der Waals surface area contributed by atoms with Crippen molar-refractivity contribution >= 4 is 42.9 Å². The van der Waals surface area contributed by atoms with Crippen LogP contribution in [0.4, 0.5) is 4.39 Å². The van der Waals surface area contributed by atoms with Crippen LogP contribution in [0.15, 0.2) is 42.5 Å². The van der Waals surface area contributed by atoms with Crippen molar-refractivity contribution in [2.75, 3.05) is 0 Å². The minimum absolute atomic E-state index is 0.00460. The fraction of sp³-hybridized carbons (Fsp3) is 0.357. The number of halogens is 2. The van der Waals surface area contributed by atoms with Crippen LogP contribution in [0.25, 0.3) is 28.1 Å². The Hall–Kier alpha value is -2.78. The summed E-state index contributed by atoms with van der Waals surface area (Å²) < 4.78 is 20.0. The minimum Gasteiger partial charge on any atom is -0.543 e. The van der Waals surface area contributed by atoms with Gasteiger partial charge in [0.2, 0.25) is 8.32 Å². The predicted molar refractivity (Wildman–Crippen MR) is 148 cm³/mol. The molecule has 0 radical (unpaired) electrons. The molecule has 1 aromatic heterocycles. The molecule has 0 spiro atoms. The van der Waals surface area contributed by atoms with Gasteiger partial charge in [0.15, 0.2) is 0 Å². The van der Waals surface area contributed by atoms with E-state index in [4.69, 9.17) is 26.1 Å². The van der Waals surface area contributed by atoms with Crippen LogP contribution in [0.1, 0.15) is 43.9 Å². The highest BCUT2D eigenvalue weighted by Crippen LogP contribution is 2.40. The van der Waals surface area contributed by atoms with Crippen molar-refractivity contribution in [1.82, 2.24) is 4.98 Å². The van der Waals surface area contributed by atoms with Crippen LogP contribution < -0.4 is 4.43 Å². The highest BCUT2D eigenvalue weighted by atomic mass is 35.5. The largest absolute Gasteiger partial charge is 0.543 e. The zero-order chi connectivity index (χ0) is 27.5. The Morgan fingerprint density at radius 2 is 1.81 bits per heavy atom. The molecule has 0 aliphatic rings. The van der Waals surface area contributed by atoms with E-state index in [1.54, 1.807) is 24.3 Å². The van der Waals surface area contributed by atoms with E-state index in [0.717, 1.165) is 27.8 Å². The molecule has 0 aliphatic carbocycles. The molecule has 2 atom stereocenters. The number of nitrogens with zero attached hydrogens (tertiary/aromatic N) is 1. The van der Waals surface area contributed by atoms with Crippen LogP contribution in [0.5, 0.6) is 5.75 Å². The van der Waals surface area contributed by atoms with Crippen LogP contribution in [0.3, 0.4) is 0 Å². The predicted octanol–water partition coefficient (Wildman–Crippen LogP) is 6.63. The molecule has 0 saturated carbocycles. The van der Waals surface area contributed by atoms with Gasteiger partial charge < -0.3 is 19.7 Å². The first-order chi connectivity index (χ1) is 17.2. The van der Waals surface area contributed by atoms with E-state index >= 15 is 0 Å². The SMILES string of the molecule is CC(C)c1nc2cc(O[Si](C)(C)C)c(Cl)cc2c(-c2ccc(F)cc2)c1/C=C/C(O)CC(O)CC(=O)O. The smallest absolute Gasteiger partial charge is 0.305 e. The fourth-order valence-electron chi connectivity index (χ4n) is 4.09. The van der Waals surface area contributed by atoms with Crippen LogP contribution in [0.2, 0.25) is 24.7 Å². The topological polar surface area (TPSA) is 99.9 Å². The summed E-state index contributed by atoms with van der Waals surface area (Å²) in [6, 6.07) is 9.75. The molecule has 0 fully saturated rings. The van der Waals surface area contributed by atoms with Gasteiger partial charge in [-0.15, -0.1) is 0 Å². The van der Waals surface area contributed by atoms with Crippen molar-refractivity contribution in [1.29, 1.82) is 0 Å². The van der Waals surface area contributed by atoms with Gasteiger partial charge >= 0.3 is 5.97 Å². The normalized spacial score (nSPS) is 13.9. The lowest BCUT2D eigenvalue weighted by molar-refractivity contribution is -0.139. The van der Waals surface area contributed by atoms with Crippen LogP contribution in [-0.2, 0) is 4.79 Å². The summed E-state index contributed by atoms with van der Waals surface area (Å²) in [5.41, 5.74) is 3.66. The average Bonchev–Trinajstić information content (AvgIpc) is 2.76. The van der Waals surface area contributed by atoms with Crippen LogP contribution >= 0.6 is 11.6 Å². The molecule has 0 bridgehead atoms. The Morgan fingerprint density at radius 1 is 1.16 bits per heavy atom. The maximum Gasteiger partial charge on any atom is 0.305 e. The summed E-state index contributed by atoms with van der Waals surface area (Å²) in [6.07, 6.45) is 0.381. The zero-order valence-corrected chi connectivity index (χ0v) is 23.4. The lowest BCUT2D eigenvalue weighted by Crippen LogP contribution is -2.29. The van der Waals surface area contributed by atoms with Crippen molar-refractivity contribution in [3.63, 3.8) is 0 Å². The number of carboxylic acids is 1. The maximum atomic E-state index is 13.8. The van der Waals surface area contributed by atoms with E-state index in [1.165, 1.54) is 18.2 Å². The van der Waals surface area contributed by atoms with Crippen molar-refractivity contribution < 1.29 is 28.9 Å². The van der Waals surface area contributed by atoms with Crippen molar-refractivity contribution in [3.8, 4) is 16.9 Å². The highest BCUT2D eigenvalue weighted by molar-refractivity contribution is 6.70. The Bertz CT molecular complexity index is 1300. The standard InChI is InChI=1S/C28H33ClFNO5Si/c1-16(2)28-21(11-10-19(32)12-20(33)13-26(34)35)27(17-6-8-18(30)9-7-17)22-14-23(29)25(15-24(22)31-28)36-37(3,4)5/h6-11,14-16,19-20,32-33H,12-13H2,1-5H3,(H,34,35)/b11-10+. The molecule has 3 rings (SSSR count). The molecule has 1 heterocycles. The molecular formula is C28H33ClFNO5Si. The Morgan fingerprint density at radius 3 is 2.38 bits per heavy atom. The summed E-state index contributed by atoms with van der Waals surface area (Å²) in [5, 5.41) is 30.5. The number of pyridine rings is 1. The maximum absolute atomic E-state index is 13.8. The Labute approximate surface area is 222 Å². The van der Waals surface area contributed by atoms with E-state index in [0.29, 0.717) is 16.3 Å². The van der Waals surface area contributed by atoms with Gasteiger partial charge in [-0.1, -0.05) is 49.7 Å². The van der Waals surface area contributed by atoms with E-state index in [9.17, 15) is 19.4 Å². The number of aliphatic carboxylic acids is 1. The zero-order valence-electron chi connectivity index (χ0n) is 21.6. The van der Waals surface area contributed by atoms with Crippen molar-refractivity contribution in [2.24, 2.45) is 0 Å². The van der Waals surface area contributed by atoms with Gasteiger partial charge in [-0.25, -0.2) is 4.39 Å². The lowest BCUT2D eigenvalue weighted by Gasteiger charge is -2.22. The molecule has 0 saturated heterocycles. The number of rotatable bonds is 10. The number of hydrogen-bond acceptors (Lipinski definition) is 5. The molecule has 2 unspecified atom stereocenters. The van der Waals surface area contributed by atoms with Gasteiger partial charge in [-0.05, 0) is 49.3 Å². The minimum atomic E-state index is -1.95. The molecule has 37 heavy (non-hydrogen) atoms. The summed E-state index contributed by atoms with van der Waals surface area (Å²) in [4.78, 5) is 15.8. The van der Waals surface area contributed by atoms with E-state index < -0.39 is 32.9 Å². The molecule has 3 N–H and O–H groups in total. The van der Waals surface area contributed by atoms with Gasteiger partial charge in [0, 0.05) is 29.0 Å². The van der Waals surface area contributed by atoms with E-state index in [1.807, 2.05) is 19.9 Å². The third-order valence-corrected chi connectivity index (χ3v) is 6.74. The number of hydrogen-bond donors (Lipinski definition) is 3. The van der Waals surface area contributed by atoms with Gasteiger partial charge in [0.05, 0.1) is 34.9 Å². The van der Waals surface area contributed by atoms with Crippen molar-refractivity contribution in [3.05, 3.63) is 64.6 Å². The first kappa shape index (κ1) is 28.8. The van der Waals surface area contributed by atoms with E-state index in [-0.39, 0.29) is 18.2 Å².